The zero-order chi connectivity index (χ0) is 15.0. The Hall–Kier alpha value is -1.11. The SMILES string of the molecule is CCOC(=O)/C(C)=C/CCCCc1oc(=O)ccc1I. The third-order valence-corrected chi connectivity index (χ3v) is 3.72. The van der Waals surface area contributed by atoms with Gasteiger partial charge in [-0.3, -0.25) is 0 Å². The van der Waals surface area contributed by atoms with Gasteiger partial charge in [0, 0.05) is 18.1 Å². The van der Waals surface area contributed by atoms with Crippen LogP contribution in [0, 0.1) is 3.57 Å². The molecule has 1 rings (SSSR count). The highest BCUT2D eigenvalue weighted by molar-refractivity contribution is 14.1. The molecular weight excluding hydrogens is 371 g/mol. The highest BCUT2D eigenvalue weighted by Gasteiger charge is 2.05. The highest BCUT2D eigenvalue weighted by atomic mass is 127. The second kappa shape index (κ2) is 8.94. The molecule has 0 amide bonds. The molecule has 0 aliphatic heterocycles. The van der Waals surface area contributed by atoms with Gasteiger partial charge in [-0.2, -0.15) is 0 Å². The lowest BCUT2D eigenvalue weighted by Gasteiger charge is -2.03. The van der Waals surface area contributed by atoms with E-state index in [9.17, 15) is 9.59 Å². The summed E-state index contributed by atoms with van der Waals surface area (Å²) in [7, 11) is 0. The van der Waals surface area contributed by atoms with Crippen LogP contribution in [0.4, 0.5) is 0 Å². The first-order valence-corrected chi connectivity index (χ1v) is 7.75. The van der Waals surface area contributed by atoms with E-state index in [1.165, 1.54) is 6.07 Å². The van der Waals surface area contributed by atoms with E-state index in [0.29, 0.717) is 12.2 Å². The minimum atomic E-state index is -0.307. The zero-order valence-electron chi connectivity index (χ0n) is 11.8. The fraction of sp³-hybridized carbons (Fsp3) is 0.467. The Morgan fingerprint density at radius 3 is 2.85 bits per heavy atom. The van der Waals surface area contributed by atoms with Crippen LogP contribution in [0.15, 0.2) is 33.0 Å². The van der Waals surface area contributed by atoms with Crippen LogP contribution in [-0.4, -0.2) is 12.6 Å². The normalized spacial score (nSPS) is 11.4. The lowest BCUT2D eigenvalue weighted by atomic mass is 10.1. The lowest BCUT2D eigenvalue weighted by molar-refractivity contribution is -0.138. The number of hydrogen-bond acceptors (Lipinski definition) is 4. The summed E-state index contributed by atoms with van der Waals surface area (Å²) in [4.78, 5) is 22.5. The van der Waals surface area contributed by atoms with Crippen molar-refractivity contribution >= 4 is 28.6 Å². The van der Waals surface area contributed by atoms with Crippen molar-refractivity contribution in [2.75, 3.05) is 6.61 Å². The molecule has 110 valence electrons. The van der Waals surface area contributed by atoms with Gasteiger partial charge in [0.25, 0.3) is 0 Å². The molecule has 0 unspecified atom stereocenters. The van der Waals surface area contributed by atoms with Gasteiger partial charge in [-0.1, -0.05) is 6.08 Å². The molecule has 1 aromatic rings. The average Bonchev–Trinajstić information content (AvgIpc) is 2.42. The van der Waals surface area contributed by atoms with E-state index in [1.807, 2.05) is 6.08 Å². The molecule has 0 saturated carbocycles. The Labute approximate surface area is 132 Å². The van der Waals surface area contributed by atoms with E-state index in [2.05, 4.69) is 22.6 Å². The van der Waals surface area contributed by atoms with Gasteiger partial charge >= 0.3 is 11.6 Å². The average molecular weight is 390 g/mol. The molecule has 0 aliphatic rings. The second-order valence-corrected chi connectivity index (χ2v) is 5.54. The molecule has 20 heavy (non-hydrogen) atoms. The molecule has 0 radical (unpaired) electrons. The summed E-state index contributed by atoms with van der Waals surface area (Å²) in [5.74, 6) is 0.486. The first kappa shape index (κ1) is 16.9. The largest absolute Gasteiger partial charge is 0.463 e. The predicted octanol–water partition coefficient (Wildman–Crippen LogP) is 3.47. The minimum Gasteiger partial charge on any atom is -0.463 e. The van der Waals surface area contributed by atoms with Crippen molar-refractivity contribution < 1.29 is 13.9 Å². The monoisotopic (exact) mass is 390 g/mol. The molecule has 0 saturated heterocycles. The summed E-state index contributed by atoms with van der Waals surface area (Å²) in [5, 5.41) is 0. The van der Waals surface area contributed by atoms with Crippen molar-refractivity contribution in [1.29, 1.82) is 0 Å². The molecule has 5 heteroatoms. The number of aryl methyl sites for hydroxylation is 1. The number of halogens is 1. The first-order valence-electron chi connectivity index (χ1n) is 6.67. The number of ether oxygens (including phenoxy) is 1. The van der Waals surface area contributed by atoms with Crippen molar-refractivity contribution in [1.82, 2.24) is 0 Å². The summed E-state index contributed by atoms with van der Waals surface area (Å²) < 4.78 is 11.0. The molecule has 0 aliphatic carbocycles. The van der Waals surface area contributed by atoms with Gasteiger partial charge in [0.15, 0.2) is 0 Å². The molecule has 0 spiro atoms. The summed E-state index contributed by atoms with van der Waals surface area (Å²) in [6, 6.07) is 3.20. The van der Waals surface area contributed by atoms with Crippen LogP contribution in [0.5, 0.6) is 0 Å². The maximum Gasteiger partial charge on any atom is 0.335 e. The lowest BCUT2D eigenvalue weighted by Crippen LogP contribution is -2.05. The summed E-state index contributed by atoms with van der Waals surface area (Å²) in [6.07, 6.45) is 5.30. The van der Waals surface area contributed by atoms with Crippen molar-refractivity contribution in [3.8, 4) is 0 Å². The minimum absolute atomic E-state index is 0.254. The topological polar surface area (TPSA) is 56.5 Å². The Morgan fingerprint density at radius 1 is 1.40 bits per heavy atom. The Bertz CT molecular complexity index is 531. The van der Waals surface area contributed by atoms with Gasteiger partial charge < -0.3 is 9.15 Å². The third kappa shape index (κ3) is 5.90. The third-order valence-electron chi connectivity index (χ3n) is 2.76. The van der Waals surface area contributed by atoms with Crippen LogP contribution >= 0.6 is 22.6 Å². The molecule has 0 aromatic carbocycles. The van der Waals surface area contributed by atoms with Gasteiger partial charge in [0.1, 0.15) is 5.76 Å². The zero-order valence-corrected chi connectivity index (χ0v) is 13.9. The number of hydrogen-bond donors (Lipinski definition) is 0. The summed E-state index contributed by atoms with van der Waals surface area (Å²) in [6.45, 7) is 3.95. The quantitative estimate of drug-likeness (QED) is 0.310. The molecular formula is C15H19IO4. The van der Waals surface area contributed by atoms with E-state index in [0.717, 1.165) is 35.0 Å². The van der Waals surface area contributed by atoms with Gasteiger partial charge in [-0.25, -0.2) is 9.59 Å². The Kier molecular flexibility index (Phi) is 7.58. The fourth-order valence-electron chi connectivity index (χ4n) is 1.69. The van der Waals surface area contributed by atoms with Crippen molar-refractivity contribution in [2.45, 2.75) is 39.5 Å². The van der Waals surface area contributed by atoms with Gasteiger partial charge in [0.2, 0.25) is 0 Å². The van der Waals surface area contributed by atoms with Crippen molar-refractivity contribution in [3.05, 3.63) is 43.5 Å². The van der Waals surface area contributed by atoms with E-state index in [4.69, 9.17) is 9.15 Å². The van der Waals surface area contributed by atoms with E-state index < -0.39 is 0 Å². The van der Waals surface area contributed by atoms with Crippen LogP contribution in [0.1, 0.15) is 38.9 Å². The first-order chi connectivity index (χ1) is 9.54. The number of rotatable bonds is 7. The van der Waals surface area contributed by atoms with Crippen LogP contribution in [0.25, 0.3) is 0 Å². The number of carbonyl (C=O) groups excluding carboxylic acids is 1. The van der Waals surface area contributed by atoms with E-state index in [-0.39, 0.29) is 11.6 Å². The highest BCUT2D eigenvalue weighted by Crippen LogP contribution is 2.13. The maximum atomic E-state index is 11.4. The Morgan fingerprint density at radius 2 is 2.15 bits per heavy atom. The molecule has 1 aromatic heterocycles. The van der Waals surface area contributed by atoms with E-state index >= 15 is 0 Å². The fourth-order valence-corrected chi connectivity index (χ4v) is 2.25. The summed E-state index contributed by atoms with van der Waals surface area (Å²) in [5.41, 5.74) is 0.339. The predicted molar refractivity (Wildman–Crippen MR) is 85.6 cm³/mol. The standard InChI is InChI=1S/C15H19IO4/c1-3-19-15(18)11(2)7-5-4-6-8-13-12(16)9-10-14(17)20-13/h7,9-10H,3-6,8H2,1-2H3/b11-7+. The Balaban J connectivity index is 2.35. The summed E-state index contributed by atoms with van der Waals surface area (Å²) >= 11 is 2.16. The second-order valence-electron chi connectivity index (χ2n) is 4.38. The van der Waals surface area contributed by atoms with Gasteiger partial charge in [-0.05, 0) is 61.8 Å². The van der Waals surface area contributed by atoms with Gasteiger partial charge in [-0.15, -0.1) is 0 Å². The van der Waals surface area contributed by atoms with Crippen molar-refractivity contribution in [3.63, 3.8) is 0 Å². The maximum absolute atomic E-state index is 11.4. The number of allylic oxidation sites excluding steroid dienone is 1. The van der Waals surface area contributed by atoms with Crippen LogP contribution < -0.4 is 5.63 Å². The van der Waals surface area contributed by atoms with Crippen LogP contribution in [-0.2, 0) is 16.0 Å². The molecule has 0 atom stereocenters. The van der Waals surface area contributed by atoms with Crippen molar-refractivity contribution in [2.24, 2.45) is 0 Å². The number of carbonyl (C=O) groups is 1. The van der Waals surface area contributed by atoms with Crippen LogP contribution in [0.3, 0.4) is 0 Å². The number of esters is 1. The number of unbranched alkanes of at least 4 members (excludes halogenated alkanes) is 2. The smallest absolute Gasteiger partial charge is 0.335 e. The van der Waals surface area contributed by atoms with Gasteiger partial charge in [0.05, 0.1) is 10.2 Å². The molecule has 4 nitrogen and oxygen atoms in total. The molecule has 0 bridgehead atoms. The molecule has 0 N–H and O–H groups in total. The molecule has 1 heterocycles. The van der Waals surface area contributed by atoms with Crippen LogP contribution in [0.2, 0.25) is 0 Å². The molecule has 0 fully saturated rings. The van der Waals surface area contributed by atoms with E-state index in [1.54, 1.807) is 19.9 Å².